The SMILES string of the molecule is CCCCNc1ccc(C(=O)N2CCC(Cn3cccn3)CC2)cn1. The van der Waals surface area contributed by atoms with Gasteiger partial charge in [0.2, 0.25) is 0 Å². The van der Waals surface area contributed by atoms with Crippen LogP contribution in [0.5, 0.6) is 0 Å². The van der Waals surface area contributed by atoms with Gasteiger partial charge in [0.05, 0.1) is 5.56 Å². The van der Waals surface area contributed by atoms with E-state index in [0.717, 1.165) is 57.7 Å². The van der Waals surface area contributed by atoms with Gasteiger partial charge in [-0.25, -0.2) is 4.98 Å². The van der Waals surface area contributed by atoms with Gasteiger partial charge in [-0.15, -0.1) is 0 Å². The van der Waals surface area contributed by atoms with Crippen molar-refractivity contribution in [1.29, 1.82) is 0 Å². The van der Waals surface area contributed by atoms with Gasteiger partial charge in [0.1, 0.15) is 5.82 Å². The Kier molecular flexibility index (Phi) is 6.04. The third-order valence-electron chi connectivity index (χ3n) is 4.75. The van der Waals surface area contributed by atoms with Crippen LogP contribution in [-0.2, 0) is 6.54 Å². The number of likely N-dealkylation sites (tertiary alicyclic amines) is 1. The number of anilines is 1. The number of carbonyl (C=O) groups is 1. The smallest absolute Gasteiger partial charge is 0.255 e. The molecule has 6 heteroatoms. The Labute approximate surface area is 149 Å². The van der Waals surface area contributed by atoms with Gasteiger partial charge in [-0.1, -0.05) is 13.3 Å². The van der Waals surface area contributed by atoms with E-state index in [2.05, 4.69) is 22.3 Å². The van der Waals surface area contributed by atoms with Crippen molar-refractivity contribution < 1.29 is 4.79 Å². The summed E-state index contributed by atoms with van der Waals surface area (Å²) in [4.78, 5) is 18.9. The molecule has 0 radical (unpaired) electrons. The van der Waals surface area contributed by atoms with E-state index in [-0.39, 0.29) is 5.91 Å². The molecule has 25 heavy (non-hydrogen) atoms. The Morgan fingerprint density at radius 1 is 1.32 bits per heavy atom. The zero-order valence-electron chi connectivity index (χ0n) is 14.9. The Hall–Kier alpha value is -2.37. The molecule has 0 bridgehead atoms. The lowest BCUT2D eigenvalue weighted by atomic mass is 9.96. The van der Waals surface area contributed by atoms with Gasteiger partial charge in [-0.2, -0.15) is 5.10 Å². The Morgan fingerprint density at radius 3 is 2.80 bits per heavy atom. The van der Waals surface area contributed by atoms with E-state index in [1.807, 2.05) is 40.2 Å². The quantitative estimate of drug-likeness (QED) is 0.786. The zero-order chi connectivity index (χ0) is 17.5. The number of hydrogen-bond acceptors (Lipinski definition) is 4. The summed E-state index contributed by atoms with van der Waals surface area (Å²) in [5.74, 6) is 1.51. The molecule has 0 saturated carbocycles. The number of unbranched alkanes of at least 4 members (excludes halogenated alkanes) is 1. The van der Waals surface area contributed by atoms with Gasteiger partial charge in [-0.05, 0) is 43.4 Å². The molecule has 134 valence electrons. The van der Waals surface area contributed by atoms with Crippen molar-refractivity contribution in [2.75, 3.05) is 25.0 Å². The van der Waals surface area contributed by atoms with Crippen molar-refractivity contribution in [3.8, 4) is 0 Å². The van der Waals surface area contributed by atoms with Gasteiger partial charge in [0, 0.05) is 44.8 Å². The van der Waals surface area contributed by atoms with Crippen LogP contribution in [-0.4, -0.2) is 45.2 Å². The molecule has 1 aliphatic rings. The van der Waals surface area contributed by atoms with E-state index in [1.54, 1.807) is 6.20 Å². The molecule has 3 rings (SSSR count). The number of piperidine rings is 1. The Morgan fingerprint density at radius 2 is 2.16 bits per heavy atom. The van der Waals surface area contributed by atoms with E-state index in [1.165, 1.54) is 0 Å². The predicted molar refractivity (Wildman–Crippen MR) is 98.5 cm³/mol. The van der Waals surface area contributed by atoms with Crippen molar-refractivity contribution in [3.05, 3.63) is 42.4 Å². The van der Waals surface area contributed by atoms with E-state index in [0.29, 0.717) is 11.5 Å². The summed E-state index contributed by atoms with van der Waals surface area (Å²) in [6.45, 7) is 5.63. The fraction of sp³-hybridized carbons (Fsp3) is 0.526. The van der Waals surface area contributed by atoms with Gasteiger partial charge in [-0.3, -0.25) is 9.48 Å². The summed E-state index contributed by atoms with van der Waals surface area (Å²) in [6, 6.07) is 5.72. The number of hydrogen-bond donors (Lipinski definition) is 1. The number of pyridine rings is 1. The first-order valence-electron chi connectivity index (χ1n) is 9.23. The summed E-state index contributed by atoms with van der Waals surface area (Å²) in [5, 5.41) is 7.54. The van der Waals surface area contributed by atoms with Crippen molar-refractivity contribution in [1.82, 2.24) is 19.7 Å². The standard InChI is InChI=1S/C19H27N5O/c1-2-3-9-20-18-6-5-17(14-21-18)19(25)23-12-7-16(8-13-23)15-24-11-4-10-22-24/h4-6,10-11,14,16H,2-3,7-9,12-13,15H2,1H3,(H,20,21). The summed E-state index contributed by atoms with van der Waals surface area (Å²) in [6.07, 6.45) is 9.82. The third kappa shape index (κ3) is 4.81. The molecule has 1 saturated heterocycles. The molecule has 1 aliphatic heterocycles. The van der Waals surface area contributed by atoms with Crippen LogP contribution in [0.4, 0.5) is 5.82 Å². The molecule has 1 fully saturated rings. The van der Waals surface area contributed by atoms with Gasteiger partial charge in [0.15, 0.2) is 0 Å². The molecule has 0 aromatic carbocycles. The molecule has 0 unspecified atom stereocenters. The number of carbonyl (C=O) groups excluding carboxylic acids is 1. The lowest BCUT2D eigenvalue weighted by Gasteiger charge is -2.32. The van der Waals surface area contributed by atoms with Crippen LogP contribution in [0.15, 0.2) is 36.8 Å². The second-order valence-corrected chi connectivity index (χ2v) is 6.68. The minimum atomic E-state index is 0.0881. The first kappa shape index (κ1) is 17.5. The maximum absolute atomic E-state index is 12.6. The van der Waals surface area contributed by atoms with Gasteiger partial charge >= 0.3 is 0 Å². The molecule has 0 aliphatic carbocycles. The minimum Gasteiger partial charge on any atom is -0.370 e. The van der Waals surface area contributed by atoms with Crippen LogP contribution < -0.4 is 5.32 Å². The maximum atomic E-state index is 12.6. The molecule has 2 aromatic heterocycles. The van der Waals surface area contributed by atoms with Crippen LogP contribution in [0, 0.1) is 5.92 Å². The molecule has 0 atom stereocenters. The topological polar surface area (TPSA) is 63.1 Å². The molecular formula is C19H27N5O. The zero-order valence-corrected chi connectivity index (χ0v) is 14.9. The second-order valence-electron chi connectivity index (χ2n) is 6.68. The van der Waals surface area contributed by atoms with E-state index >= 15 is 0 Å². The van der Waals surface area contributed by atoms with Crippen molar-refractivity contribution >= 4 is 11.7 Å². The summed E-state index contributed by atoms with van der Waals surface area (Å²) in [5.41, 5.74) is 0.673. The third-order valence-corrected chi connectivity index (χ3v) is 4.75. The average molecular weight is 341 g/mol. The summed E-state index contributed by atoms with van der Waals surface area (Å²) in [7, 11) is 0. The minimum absolute atomic E-state index is 0.0881. The average Bonchev–Trinajstić information content (AvgIpc) is 3.16. The fourth-order valence-corrected chi connectivity index (χ4v) is 3.19. The number of rotatable bonds is 7. The van der Waals surface area contributed by atoms with Crippen LogP contribution in [0.2, 0.25) is 0 Å². The molecule has 3 heterocycles. The monoisotopic (exact) mass is 341 g/mol. The van der Waals surface area contributed by atoms with E-state index in [9.17, 15) is 4.79 Å². The lowest BCUT2D eigenvalue weighted by molar-refractivity contribution is 0.0681. The van der Waals surface area contributed by atoms with Gasteiger partial charge < -0.3 is 10.2 Å². The van der Waals surface area contributed by atoms with E-state index in [4.69, 9.17) is 0 Å². The molecule has 2 aromatic rings. The number of nitrogens with one attached hydrogen (secondary N) is 1. The number of aromatic nitrogens is 3. The molecule has 0 spiro atoms. The normalized spacial score (nSPS) is 15.3. The maximum Gasteiger partial charge on any atom is 0.255 e. The Bertz CT molecular complexity index is 645. The predicted octanol–water partition coefficient (Wildman–Crippen LogP) is 3.04. The van der Waals surface area contributed by atoms with Crippen LogP contribution >= 0.6 is 0 Å². The highest BCUT2D eigenvalue weighted by molar-refractivity contribution is 5.94. The molecule has 1 amide bonds. The molecular weight excluding hydrogens is 314 g/mol. The lowest BCUT2D eigenvalue weighted by Crippen LogP contribution is -2.39. The number of amides is 1. The first-order valence-corrected chi connectivity index (χ1v) is 9.23. The summed E-state index contributed by atoms with van der Waals surface area (Å²) < 4.78 is 1.98. The van der Waals surface area contributed by atoms with Crippen LogP contribution in [0.1, 0.15) is 43.0 Å². The van der Waals surface area contributed by atoms with Gasteiger partial charge in [0.25, 0.3) is 5.91 Å². The molecule has 6 nitrogen and oxygen atoms in total. The highest BCUT2D eigenvalue weighted by atomic mass is 16.2. The largest absolute Gasteiger partial charge is 0.370 e. The first-order chi connectivity index (χ1) is 12.3. The van der Waals surface area contributed by atoms with Crippen LogP contribution in [0.3, 0.4) is 0 Å². The van der Waals surface area contributed by atoms with E-state index < -0.39 is 0 Å². The van der Waals surface area contributed by atoms with Crippen molar-refractivity contribution in [2.45, 2.75) is 39.2 Å². The fourth-order valence-electron chi connectivity index (χ4n) is 3.19. The summed E-state index contributed by atoms with van der Waals surface area (Å²) >= 11 is 0. The van der Waals surface area contributed by atoms with Crippen molar-refractivity contribution in [2.24, 2.45) is 5.92 Å². The Balaban J connectivity index is 1.48. The molecule has 1 N–H and O–H groups in total. The van der Waals surface area contributed by atoms with Crippen LogP contribution in [0.25, 0.3) is 0 Å². The highest BCUT2D eigenvalue weighted by Gasteiger charge is 2.24. The highest BCUT2D eigenvalue weighted by Crippen LogP contribution is 2.20. The second kappa shape index (κ2) is 8.65. The van der Waals surface area contributed by atoms with Crippen molar-refractivity contribution in [3.63, 3.8) is 0 Å². The number of nitrogens with zero attached hydrogens (tertiary/aromatic N) is 4.